The Labute approximate surface area is 116 Å². The molecule has 0 amide bonds. The van der Waals surface area contributed by atoms with Crippen molar-refractivity contribution in [1.29, 1.82) is 5.26 Å². The van der Waals surface area contributed by atoms with Crippen LogP contribution < -0.4 is 9.47 Å². The molecule has 2 rings (SSSR count). The summed E-state index contributed by atoms with van der Waals surface area (Å²) in [5, 5.41) is 9.79. The molecule has 0 unspecified atom stereocenters. The molecule has 0 radical (unpaired) electrons. The van der Waals surface area contributed by atoms with Crippen LogP contribution in [0.15, 0.2) is 24.3 Å². The molecule has 0 aliphatic heterocycles. The molecule has 0 spiro atoms. The number of thiazole rings is 1. The molecule has 19 heavy (non-hydrogen) atoms. The molecule has 0 N–H and O–H groups in total. The van der Waals surface area contributed by atoms with Crippen molar-refractivity contribution in [2.75, 3.05) is 7.11 Å². The summed E-state index contributed by atoms with van der Waals surface area (Å²) in [6.45, 7) is 2.37. The summed E-state index contributed by atoms with van der Waals surface area (Å²) in [6, 6.07) is 9.54. The number of hydrogen-bond donors (Lipinski definition) is 0. The Kier molecular flexibility index (Phi) is 4.37. The second-order valence-electron chi connectivity index (χ2n) is 3.81. The Morgan fingerprint density at radius 2 is 1.95 bits per heavy atom. The molecule has 0 saturated carbocycles. The number of rotatable bonds is 5. The Hall–Kier alpha value is -2.06. The first kappa shape index (κ1) is 13.4. The number of benzene rings is 1. The molecule has 0 saturated heterocycles. The third kappa shape index (κ3) is 3.24. The van der Waals surface area contributed by atoms with Crippen LogP contribution in [0, 0.1) is 11.3 Å². The van der Waals surface area contributed by atoms with Crippen LogP contribution in [0.2, 0.25) is 0 Å². The van der Waals surface area contributed by atoms with Gasteiger partial charge in [-0.15, -0.1) is 11.3 Å². The van der Waals surface area contributed by atoms with Crippen LogP contribution in [-0.4, -0.2) is 12.1 Å². The fourth-order valence-electron chi connectivity index (χ4n) is 1.61. The molecule has 0 atom stereocenters. The van der Waals surface area contributed by atoms with Crippen molar-refractivity contribution in [2.45, 2.75) is 20.0 Å². The minimum absolute atomic E-state index is 0.381. The van der Waals surface area contributed by atoms with Crippen LogP contribution in [0.5, 0.6) is 11.5 Å². The number of ether oxygens (including phenoxy) is 2. The van der Waals surface area contributed by atoms with Gasteiger partial charge < -0.3 is 9.47 Å². The van der Waals surface area contributed by atoms with Gasteiger partial charge in [-0.2, -0.15) is 5.26 Å². The van der Waals surface area contributed by atoms with Gasteiger partial charge in [0.05, 0.1) is 12.8 Å². The van der Waals surface area contributed by atoms with E-state index in [9.17, 15) is 0 Å². The molecule has 5 heteroatoms. The van der Waals surface area contributed by atoms with Crippen LogP contribution in [0.25, 0.3) is 0 Å². The van der Waals surface area contributed by atoms with E-state index in [1.54, 1.807) is 7.11 Å². The second kappa shape index (κ2) is 6.21. The predicted octanol–water partition coefficient (Wildman–Crippen LogP) is 3.16. The highest BCUT2D eigenvalue weighted by atomic mass is 32.1. The fourth-order valence-corrected chi connectivity index (χ4v) is 2.47. The fraction of sp³-hybridized carbons (Fsp3) is 0.286. The van der Waals surface area contributed by atoms with Crippen molar-refractivity contribution in [3.8, 4) is 17.6 Å². The van der Waals surface area contributed by atoms with Crippen LogP contribution >= 0.6 is 11.3 Å². The van der Waals surface area contributed by atoms with Gasteiger partial charge in [0.15, 0.2) is 0 Å². The lowest BCUT2D eigenvalue weighted by Gasteiger charge is -2.04. The van der Waals surface area contributed by atoms with Crippen molar-refractivity contribution >= 4 is 11.3 Å². The van der Waals surface area contributed by atoms with E-state index in [0.717, 1.165) is 28.6 Å². The molecule has 0 fully saturated rings. The van der Waals surface area contributed by atoms with Crippen LogP contribution in [-0.2, 0) is 13.0 Å². The summed E-state index contributed by atoms with van der Waals surface area (Å²) in [7, 11) is 1.63. The average Bonchev–Trinajstić information content (AvgIpc) is 2.88. The van der Waals surface area contributed by atoms with E-state index < -0.39 is 0 Å². The third-order valence-electron chi connectivity index (χ3n) is 2.60. The molecular formula is C14H14N2O2S. The first-order valence-electron chi connectivity index (χ1n) is 5.92. The summed E-state index contributed by atoms with van der Waals surface area (Å²) in [4.78, 5) is 5.07. The molecule has 0 bridgehead atoms. The van der Waals surface area contributed by atoms with Crippen molar-refractivity contribution < 1.29 is 9.47 Å². The summed E-state index contributed by atoms with van der Waals surface area (Å²) >= 11 is 1.39. The Balaban J connectivity index is 2.01. The molecule has 98 valence electrons. The van der Waals surface area contributed by atoms with Gasteiger partial charge in [-0.3, -0.25) is 0 Å². The van der Waals surface area contributed by atoms with Gasteiger partial charge in [0.2, 0.25) is 0 Å². The topological polar surface area (TPSA) is 55.1 Å². The second-order valence-corrected chi connectivity index (χ2v) is 4.90. The lowest BCUT2D eigenvalue weighted by molar-refractivity contribution is 0.304. The van der Waals surface area contributed by atoms with Gasteiger partial charge in [0.25, 0.3) is 0 Å². The van der Waals surface area contributed by atoms with E-state index in [4.69, 9.17) is 14.7 Å². The zero-order valence-electron chi connectivity index (χ0n) is 10.8. The van der Waals surface area contributed by atoms with Gasteiger partial charge in [0.1, 0.15) is 34.1 Å². The van der Waals surface area contributed by atoms with Gasteiger partial charge in [-0.1, -0.05) is 6.92 Å². The van der Waals surface area contributed by atoms with E-state index in [0.29, 0.717) is 11.5 Å². The maximum absolute atomic E-state index is 8.97. The molecule has 2 aromatic rings. The highest BCUT2D eigenvalue weighted by Crippen LogP contribution is 2.21. The minimum atomic E-state index is 0.381. The monoisotopic (exact) mass is 274 g/mol. The normalized spacial score (nSPS) is 9.95. The van der Waals surface area contributed by atoms with Gasteiger partial charge >= 0.3 is 0 Å². The van der Waals surface area contributed by atoms with Crippen LogP contribution in [0.4, 0.5) is 0 Å². The maximum Gasteiger partial charge on any atom is 0.140 e. The quantitative estimate of drug-likeness (QED) is 0.840. The third-order valence-corrected chi connectivity index (χ3v) is 3.58. The first-order chi connectivity index (χ1) is 9.26. The molecule has 0 aliphatic rings. The van der Waals surface area contributed by atoms with E-state index in [1.165, 1.54) is 11.3 Å². The lowest BCUT2D eigenvalue weighted by atomic mass is 10.3. The lowest BCUT2D eigenvalue weighted by Crippen LogP contribution is -1.95. The van der Waals surface area contributed by atoms with E-state index >= 15 is 0 Å². The minimum Gasteiger partial charge on any atom is -0.497 e. The predicted molar refractivity (Wildman–Crippen MR) is 73.5 cm³/mol. The number of nitriles is 1. The summed E-state index contributed by atoms with van der Waals surface area (Å²) in [5.41, 5.74) is 0.848. The van der Waals surface area contributed by atoms with Gasteiger partial charge in [-0.05, 0) is 30.7 Å². The number of methoxy groups -OCH3 is 1. The smallest absolute Gasteiger partial charge is 0.140 e. The van der Waals surface area contributed by atoms with E-state index in [1.807, 2.05) is 31.2 Å². The molecule has 1 aromatic heterocycles. The highest BCUT2D eigenvalue weighted by molar-refractivity contribution is 7.12. The number of nitrogens with zero attached hydrogens (tertiary/aromatic N) is 2. The summed E-state index contributed by atoms with van der Waals surface area (Å²) in [6.07, 6.45) is 0.766. The van der Waals surface area contributed by atoms with Crippen LogP contribution in [0.3, 0.4) is 0 Å². The molecule has 1 aromatic carbocycles. The van der Waals surface area contributed by atoms with Gasteiger partial charge in [0, 0.05) is 0 Å². The number of aromatic nitrogens is 1. The average molecular weight is 274 g/mol. The van der Waals surface area contributed by atoms with E-state index in [-0.39, 0.29) is 0 Å². The Bertz CT molecular complexity index is 584. The first-order valence-corrected chi connectivity index (χ1v) is 6.74. The zero-order valence-corrected chi connectivity index (χ0v) is 11.7. The van der Waals surface area contributed by atoms with Crippen molar-refractivity contribution in [1.82, 2.24) is 4.98 Å². The summed E-state index contributed by atoms with van der Waals surface area (Å²) in [5.74, 6) is 1.55. The van der Waals surface area contributed by atoms with Crippen molar-refractivity contribution in [3.63, 3.8) is 0 Å². The largest absolute Gasteiger partial charge is 0.497 e. The Morgan fingerprint density at radius 1 is 1.26 bits per heavy atom. The molecular weight excluding hydrogens is 260 g/mol. The number of hydrogen-bond acceptors (Lipinski definition) is 5. The SMILES string of the molecule is CCc1nc(COc2ccc(OC)cc2)sc1C#N. The molecule has 0 aliphatic carbocycles. The van der Waals surface area contributed by atoms with Crippen molar-refractivity contribution in [2.24, 2.45) is 0 Å². The number of aryl methyl sites for hydroxylation is 1. The standard InChI is InChI=1S/C14H14N2O2S/c1-3-12-13(8-15)19-14(16-12)9-18-11-6-4-10(17-2)5-7-11/h4-7H,3,9H2,1-2H3. The molecule has 1 heterocycles. The van der Waals surface area contributed by atoms with Gasteiger partial charge in [-0.25, -0.2) is 4.98 Å². The zero-order chi connectivity index (χ0) is 13.7. The highest BCUT2D eigenvalue weighted by Gasteiger charge is 2.09. The molecule has 4 nitrogen and oxygen atoms in total. The Morgan fingerprint density at radius 3 is 2.47 bits per heavy atom. The van der Waals surface area contributed by atoms with Crippen molar-refractivity contribution in [3.05, 3.63) is 39.8 Å². The maximum atomic E-state index is 8.97. The summed E-state index contributed by atoms with van der Waals surface area (Å²) < 4.78 is 10.7. The van der Waals surface area contributed by atoms with Crippen LogP contribution in [0.1, 0.15) is 22.5 Å². The van der Waals surface area contributed by atoms with E-state index in [2.05, 4.69) is 11.1 Å².